The molecule has 124 valence electrons. The molecule has 2 N–H and O–H groups in total. The average Bonchev–Trinajstić information content (AvgIpc) is 3.18. The van der Waals surface area contributed by atoms with Crippen molar-refractivity contribution in [1.29, 1.82) is 0 Å². The number of aryl methyl sites for hydroxylation is 2. The summed E-state index contributed by atoms with van der Waals surface area (Å²) < 4.78 is 7.01. The first-order valence-electron chi connectivity index (χ1n) is 7.61. The minimum Gasteiger partial charge on any atom is -0.387 e. The first-order valence-corrected chi connectivity index (χ1v) is 8.76. The quantitative estimate of drug-likeness (QED) is 0.893. The van der Waals surface area contributed by atoms with Crippen molar-refractivity contribution in [2.45, 2.75) is 32.8 Å². The van der Waals surface area contributed by atoms with Gasteiger partial charge in [0, 0.05) is 29.8 Å². The van der Waals surface area contributed by atoms with Gasteiger partial charge < -0.3 is 14.9 Å². The molecule has 0 aliphatic carbocycles. The minimum absolute atomic E-state index is 0.171. The van der Waals surface area contributed by atoms with E-state index in [1.165, 1.54) is 0 Å². The Morgan fingerprint density at radius 3 is 2.87 bits per heavy atom. The molecule has 3 heterocycles. The van der Waals surface area contributed by atoms with Gasteiger partial charge >= 0.3 is 0 Å². The molecule has 0 saturated carbocycles. The third-order valence-electron chi connectivity index (χ3n) is 4.18. The first kappa shape index (κ1) is 16.1. The summed E-state index contributed by atoms with van der Waals surface area (Å²) in [5.41, 5.74) is 1.53. The highest BCUT2D eigenvalue weighted by Gasteiger charge is 2.32. The predicted molar refractivity (Wildman–Crippen MR) is 89.3 cm³/mol. The van der Waals surface area contributed by atoms with Crippen LogP contribution in [0.4, 0.5) is 0 Å². The molecule has 1 atom stereocenters. The summed E-state index contributed by atoms with van der Waals surface area (Å²) >= 11 is 1.71. The maximum absolute atomic E-state index is 12.5. The summed E-state index contributed by atoms with van der Waals surface area (Å²) in [6, 6.07) is 3.67. The lowest BCUT2D eigenvalue weighted by atomic mass is 10.0. The van der Waals surface area contributed by atoms with E-state index >= 15 is 0 Å². The van der Waals surface area contributed by atoms with Crippen molar-refractivity contribution in [3.05, 3.63) is 34.8 Å². The second-order valence-corrected chi connectivity index (χ2v) is 7.23. The maximum atomic E-state index is 12.5. The smallest absolute Gasteiger partial charge is 0.253 e. The van der Waals surface area contributed by atoms with Gasteiger partial charge in [-0.05, 0) is 39.0 Å². The molecule has 1 fully saturated rings. The molecule has 2 aromatic heterocycles. The van der Waals surface area contributed by atoms with Gasteiger partial charge in [-0.3, -0.25) is 9.36 Å². The lowest BCUT2D eigenvalue weighted by molar-refractivity contribution is 0.0612. The molecule has 1 aliphatic rings. The van der Waals surface area contributed by atoms with E-state index in [1.807, 2.05) is 37.5 Å². The van der Waals surface area contributed by atoms with Crippen LogP contribution in [0.2, 0.25) is 0 Å². The van der Waals surface area contributed by atoms with Crippen molar-refractivity contribution >= 4 is 17.7 Å². The van der Waals surface area contributed by atoms with Crippen molar-refractivity contribution in [3.63, 3.8) is 0 Å². The number of carbonyl (C=O) groups is 1. The Kier molecular flexibility index (Phi) is 4.25. The van der Waals surface area contributed by atoms with E-state index in [0.29, 0.717) is 17.1 Å². The number of hydrogen-bond acceptors (Lipinski definition) is 5. The minimum atomic E-state index is -0.783. The molecule has 0 spiro atoms. The molecule has 7 heteroatoms. The monoisotopic (exact) mass is 335 g/mol. The van der Waals surface area contributed by atoms with Gasteiger partial charge in [0.25, 0.3) is 5.91 Å². The number of amides is 1. The molecule has 1 aliphatic heterocycles. The Bertz CT molecular complexity index is 729. The van der Waals surface area contributed by atoms with Gasteiger partial charge in [0.2, 0.25) is 0 Å². The van der Waals surface area contributed by atoms with Crippen LogP contribution in [-0.4, -0.2) is 44.4 Å². The molecule has 1 amide bonds. The van der Waals surface area contributed by atoms with E-state index in [0.717, 1.165) is 29.3 Å². The Balaban J connectivity index is 1.79. The normalized spacial score (nSPS) is 20.9. The molecule has 0 radical (unpaired) electrons. The van der Waals surface area contributed by atoms with Gasteiger partial charge in [-0.2, -0.15) is 11.8 Å². The van der Waals surface area contributed by atoms with Gasteiger partial charge in [0.1, 0.15) is 5.76 Å². The largest absolute Gasteiger partial charge is 0.387 e. The number of aromatic nitrogens is 2. The van der Waals surface area contributed by atoms with E-state index in [-0.39, 0.29) is 12.5 Å². The van der Waals surface area contributed by atoms with Crippen LogP contribution >= 0.6 is 11.8 Å². The predicted octanol–water partition coefficient (Wildman–Crippen LogP) is 1.99. The van der Waals surface area contributed by atoms with E-state index in [1.54, 1.807) is 11.8 Å². The summed E-state index contributed by atoms with van der Waals surface area (Å²) in [6.07, 6.45) is 0.717. The van der Waals surface area contributed by atoms with Crippen molar-refractivity contribution in [2.24, 2.45) is 0 Å². The number of carbonyl (C=O) groups excluding carboxylic acids is 1. The van der Waals surface area contributed by atoms with Crippen molar-refractivity contribution in [1.82, 2.24) is 15.0 Å². The molecule has 3 rings (SSSR count). The standard InChI is InChI=1S/C16H21N3O3S/c1-10-6-13(12(3)19(10)14-7-11(2)22-18-14)15(20)17-8-16(21)4-5-23-9-16/h6-7,21H,4-5,8-9H2,1-3H3,(H,17,20)/t16-/m0/s1. The number of rotatable bonds is 4. The Morgan fingerprint density at radius 2 is 2.26 bits per heavy atom. The molecule has 2 aromatic rings. The SMILES string of the molecule is Cc1cc(-n2c(C)cc(C(=O)NC[C@@]3(O)CCSC3)c2C)no1. The zero-order chi connectivity index (χ0) is 16.6. The fourth-order valence-corrected chi connectivity index (χ4v) is 4.17. The van der Waals surface area contributed by atoms with Gasteiger partial charge in [-0.15, -0.1) is 0 Å². The van der Waals surface area contributed by atoms with Crippen LogP contribution in [-0.2, 0) is 0 Å². The highest BCUT2D eigenvalue weighted by molar-refractivity contribution is 7.99. The van der Waals surface area contributed by atoms with Crippen LogP contribution in [0, 0.1) is 20.8 Å². The summed E-state index contributed by atoms with van der Waals surface area (Å²) in [5.74, 6) is 2.83. The maximum Gasteiger partial charge on any atom is 0.253 e. The van der Waals surface area contributed by atoms with Gasteiger partial charge in [0.05, 0.1) is 11.2 Å². The Labute approximate surface area is 139 Å². The van der Waals surface area contributed by atoms with Gasteiger partial charge in [-0.25, -0.2) is 0 Å². The van der Waals surface area contributed by atoms with E-state index in [2.05, 4.69) is 10.5 Å². The second-order valence-electron chi connectivity index (χ2n) is 6.13. The first-order chi connectivity index (χ1) is 10.9. The number of thioether (sulfide) groups is 1. The van der Waals surface area contributed by atoms with Crippen LogP contribution < -0.4 is 5.32 Å². The molecule has 6 nitrogen and oxygen atoms in total. The summed E-state index contributed by atoms with van der Waals surface area (Å²) in [6.45, 7) is 5.92. The third-order valence-corrected chi connectivity index (χ3v) is 5.42. The lowest BCUT2D eigenvalue weighted by Crippen LogP contribution is -2.43. The van der Waals surface area contributed by atoms with Crippen LogP contribution in [0.15, 0.2) is 16.7 Å². The highest BCUT2D eigenvalue weighted by atomic mass is 32.2. The summed E-state index contributed by atoms with van der Waals surface area (Å²) in [4.78, 5) is 12.5. The molecule has 0 unspecified atom stereocenters. The molecule has 0 bridgehead atoms. The molecule has 1 saturated heterocycles. The van der Waals surface area contributed by atoms with E-state index < -0.39 is 5.60 Å². The fourth-order valence-electron chi connectivity index (χ4n) is 2.88. The Morgan fingerprint density at radius 1 is 1.48 bits per heavy atom. The number of nitrogens with zero attached hydrogens (tertiary/aromatic N) is 2. The number of aliphatic hydroxyl groups is 1. The van der Waals surface area contributed by atoms with Crippen LogP contribution in [0.25, 0.3) is 5.82 Å². The Hall–Kier alpha value is -1.73. The van der Waals surface area contributed by atoms with Crippen LogP contribution in [0.5, 0.6) is 0 Å². The zero-order valence-corrected chi connectivity index (χ0v) is 14.4. The topological polar surface area (TPSA) is 80.3 Å². The van der Waals surface area contributed by atoms with Crippen LogP contribution in [0.3, 0.4) is 0 Å². The van der Waals surface area contributed by atoms with Crippen molar-refractivity contribution in [3.8, 4) is 5.82 Å². The summed E-state index contributed by atoms with van der Waals surface area (Å²) in [5, 5.41) is 17.2. The fraction of sp³-hybridized carbons (Fsp3) is 0.500. The molecular formula is C16H21N3O3S. The van der Waals surface area contributed by atoms with Gasteiger partial charge in [-0.1, -0.05) is 5.16 Å². The van der Waals surface area contributed by atoms with Crippen LogP contribution in [0.1, 0.15) is 33.9 Å². The van der Waals surface area contributed by atoms with Crippen molar-refractivity contribution < 1.29 is 14.4 Å². The number of hydrogen-bond donors (Lipinski definition) is 2. The highest BCUT2D eigenvalue weighted by Crippen LogP contribution is 2.27. The molecule has 0 aromatic carbocycles. The van der Waals surface area contributed by atoms with Crippen molar-refractivity contribution in [2.75, 3.05) is 18.1 Å². The average molecular weight is 335 g/mol. The summed E-state index contributed by atoms with van der Waals surface area (Å²) in [7, 11) is 0. The van der Waals surface area contributed by atoms with E-state index in [4.69, 9.17) is 4.52 Å². The molecule has 23 heavy (non-hydrogen) atoms. The number of nitrogens with one attached hydrogen (secondary N) is 1. The second kappa shape index (κ2) is 6.05. The van der Waals surface area contributed by atoms with Gasteiger partial charge in [0.15, 0.2) is 5.82 Å². The third kappa shape index (κ3) is 3.16. The zero-order valence-electron chi connectivity index (χ0n) is 13.5. The van der Waals surface area contributed by atoms with E-state index in [9.17, 15) is 9.90 Å². The molecular weight excluding hydrogens is 314 g/mol. The lowest BCUT2D eigenvalue weighted by Gasteiger charge is -2.21.